The lowest BCUT2D eigenvalue weighted by Crippen LogP contribution is -2.00. The highest BCUT2D eigenvalue weighted by Gasteiger charge is 2.05. The van der Waals surface area contributed by atoms with Gasteiger partial charge in [-0.25, -0.2) is 9.78 Å². The largest absolute Gasteiger partial charge is 0.489 e. The lowest BCUT2D eigenvalue weighted by molar-refractivity contribution is 0.0696. The first-order chi connectivity index (χ1) is 10.1. The maximum absolute atomic E-state index is 10.9. The summed E-state index contributed by atoms with van der Waals surface area (Å²) >= 11 is 1.63. The average Bonchev–Trinajstić information content (AvgIpc) is 2.84. The number of fused-ring (bicyclic) bond motifs is 1. The van der Waals surface area contributed by atoms with Crippen molar-refractivity contribution in [1.82, 2.24) is 4.98 Å². The molecule has 0 radical (unpaired) electrons. The Labute approximate surface area is 125 Å². The summed E-state index contributed by atoms with van der Waals surface area (Å²) < 4.78 is 6.82. The van der Waals surface area contributed by atoms with Gasteiger partial charge in [0.2, 0.25) is 0 Å². The second-order valence-corrected chi connectivity index (χ2v) is 5.89. The SMILES string of the molecule is Cc1nc2ccc(OCc3cccc(C(=O)O)c3)cc2s1. The minimum absolute atomic E-state index is 0.268. The molecular weight excluding hydrogens is 286 g/mol. The molecule has 0 aliphatic heterocycles. The van der Waals surface area contributed by atoms with Gasteiger partial charge < -0.3 is 9.84 Å². The third-order valence-corrected chi connectivity index (χ3v) is 3.98. The first-order valence-electron chi connectivity index (χ1n) is 6.44. The zero-order valence-corrected chi connectivity index (χ0v) is 12.2. The molecule has 4 nitrogen and oxygen atoms in total. The summed E-state index contributed by atoms with van der Waals surface area (Å²) in [7, 11) is 0. The minimum atomic E-state index is -0.932. The molecular formula is C16H13NO3S. The fourth-order valence-electron chi connectivity index (χ4n) is 2.07. The summed E-state index contributed by atoms with van der Waals surface area (Å²) in [5, 5.41) is 9.99. The molecule has 106 valence electrons. The van der Waals surface area contributed by atoms with E-state index in [1.165, 1.54) is 0 Å². The molecule has 5 heteroatoms. The molecule has 0 unspecified atom stereocenters. The number of aryl methyl sites for hydroxylation is 1. The third kappa shape index (κ3) is 3.03. The summed E-state index contributed by atoms with van der Waals surface area (Å²) in [4.78, 5) is 15.3. The van der Waals surface area contributed by atoms with Crippen LogP contribution in [0.1, 0.15) is 20.9 Å². The number of aromatic nitrogens is 1. The Morgan fingerprint density at radius 2 is 2.14 bits per heavy atom. The normalized spacial score (nSPS) is 10.7. The van der Waals surface area contributed by atoms with Crippen molar-refractivity contribution >= 4 is 27.5 Å². The minimum Gasteiger partial charge on any atom is -0.489 e. The van der Waals surface area contributed by atoms with E-state index in [1.54, 1.807) is 29.5 Å². The van der Waals surface area contributed by atoms with Crippen molar-refractivity contribution in [3.8, 4) is 5.75 Å². The Morgan fingerprint density at radius 1 is 1.29 bits per heavy atom. The topological polar surface area (TPSA) is 59.4 Å². The Bertz CT molecular complexity index is 810. The van der Waals surface area contributed by atoms with Crippen LogP contribution in [0.25, 0.3) is 10.2 Å². The van der Waals surface area contributed by atoms with Gasteiger partial charge in [-0.2, -0.15) is 0 Å². The molecule has 0 saturated heterocycles. The van der Waals surface area contributed by atoms with Crippen molar-refractivity contribution in [3.63, 3.8) is 0 Å². The standard InChI is InChI=1S/C16H13NO3S/c1-10-17-14-6-5-13(8-15(14)21-10)20-9-11-3-2-4-12(7-11)16(18)19/h2-8H,9H2,1H3,(H,18,19). The number of ether oxygens (including phenoxy) is 1. The van der Waals surface area contributed by atoms with E-state index in [9.17, 15) is 4.79 Å². The average molecular weight is 299 g/mol. The molecule has 0 atom stereocenters. The van der Waals surface area contributed by atoms with Crippen LogP contribution in [-0.4, -0.2) is 16.1 Å². The summed E-state index contributed by atoms with van der Waals surface area (Å²) in [5.74, 6) is -0.176. The van der Waals surface area contributed by atoms with Gasteiger partial charge in [0, 0.05) is 0 Å². The molecule has 0 spiro atoms. The number of thiazole rings is 1. The van der Waals surface area contributed by atoms with E-state index in [4.69, 9.17) is 9.84 Å². The molecule has 0 saturated carbocycles. The van der Waals surface area contributed by atoms with Crippen molar-refractivity contribution in [2.75, 3.05) is 0 Å². The maximum atomic E-state index is 10.9. The summed E-state index contributed by atoms with van der Waals surface area (Å²) in [6.07, 6.45) is 0. The number of rotatable bonds is 4. The van der Waals surface area contributed by atoms with Gasteiger partial charge in [-0.1, -0.05) is 12.1 Å². The molecule has 21 heavy (non-hydrogen) atoms. The van der Waals surface area contributed by atoms with E-state index in [0.717, 1.165) is 26.5 Å². The van der Waals surface area contributed by atoms with Crippen LogP contribution in [0.3, 0.4) is 0 Å². The number of nitrogens with zero attached hydrogens (tertiary/aromatic N) is 1. The van der Waals surface area contributed by atoms with Crippen LogP contribution >= 0.6 is 11.3 Å². The third-order valence-electron chi connectivity index (χ3n) is 3.05. The van der Waals surface area contributed by atoms with Crippen LogP contribution in [-0.2, 0) is 6.61 Å². The highest BCUT2D eigenvalue weighted by molar-refractivity contribution is 7.18. The summed E-state index contributed by atoms with van der Waals surface area (Å²) in [5.41, 5.74) is 2.07. The van der Waals surface area contributed by atoms with E-state index in [1.807, 2.05) is 31.2 Å². The summed E-state index contributed by atoms with van der Waals surface area (Å²) in [6, 6.07) is 12.5. The molecule has 1 aromatic heterocycles. The monoisotopic (exact) mass is 299 g/mol. The predicted molar refractivity (Wildman–Crippen MR) is 82.1 cm³/mol. The van der Waals surface area contributed by atoms with Crippen molar-refractivity contribution in [1.29, 1.82) is 0 Å². The Hall–Kier alpha value is -2.40. The van der Waals surface area contributed by atoms with E-state index in [0.29, 0.717) is 6.61 Å². The van der Waals surface area contributed by atoms with Crippen LogP contribution in [0.4, 0.5) is 0 Å². The van der Waals surface area contributed by atoms with Crippen LogP contribution in [0.15, 0.2) is 42.5 Å². The number of carboxylic acid groups (broad SMARTS) is 1. The van der Waals surface area contributed by atoms with Crippen molar-refractivity contribution < 1.29 is 14.6 Å². The van der Waals surface area contributed by atoms with Crippen LogP contribution < -0.4 is 4.74 Å². The Kier molecular flexibility index (Phi) is 3.58. The molecule has 0 aliphatic carbocycles. The number of benzene rings is 2. The molecule has 0 aliphatic rings. The second-order valence-electron chi connectivity index (χ2n) is 4.66. The first kappa shape index (κ1) is 13.6. The lowest BCUT2D eigenvalue weighted by Gasteiger charge is -2.06. The predicted octanol–water partition coefficient (Wildman–Crippen LogP) is 3.88. The highest BCUT2D eigenvalue weighted by Crippen LogP contribution is 2.26. The highest BCUT2D eigenvalue weighted by atomic mass is 32.1. The number of carboxylic acids is 1. The van der Waals surface area contributed by atoms with Gasteiger partial charge in [-0.15, -0.1) is 11.3 Å². The van der Waals surface area contributed by atoms with Gasteiger partial charge in [0.1, 0.15) is 12.4 Å². The van der Waals surface area contributed by atoms with Gasteiger partial charge >= 0.3 is 5.97 Å². The zero-order chi connectivity index (χ0) is 14.8. The molecule has 0 bridgehead atoms. The number of aromatic carboxylic acids is 1. The quantitative estimate of drug-likeness (QED) is 0.794. The van der Waals surface area contributed by atoms with Gasteiger partial charge in [-0.3, -0.25) is 0 Å². The van der Waals surface area contributed by atoms with Crippen LogP contribution in [0.2, 0.25) is 0 Å². The number of carbonyl (C=O) groups is 1. The maximum Gasteiger partial charge on any atom is 0.335 e. The van der Waals surface area contributed by atoms with E-state index in [-0.39, 0.29) is 5.56 Å². The van der Waals surface area contributed by atoms with Gasteiger partial charge in [0.05, 0.1) is 20.8 Å². The van der Waals surface area contributed by atoms with Gasteiger partial charge in [-0.05, 0) is 42.8 Å². The number of hydrogen-bond donors (Lipinski definition) is 1. The first-order valence-corrected chi connectivity index (χ1v) is 7.26. The molecule has 0 fully saturated rings. The van der Waals surface area contributed by atoms with E-state index in [2.05, 4.69) is 4.98 Å². The zero-order valence-electron chi connectivity index (χ0n) is 11.4. The smallest absolute Gasteiger partial charge is 0.335 e. The molecule has 1 N–H and O–H groups in total. The molecule has 3 aromatic rings. The van der Waals surface area contributed by atoms with Crippen LogP contribution in [0.5, 0.6) is 5.75 Å². The Morgan fingerprint density at radius 3 is 2.95 bits per heavy atom. The van der Waals surface area contributed by atoms with Gasteiger partial charge in [0.25, 0.3) is 0 Å². The van der Waals surface area contributed by atoms with Crippen molar-refractivity contribution in [3.05, 3.63) is 58.6 Å². The fraction of sp³-hybridized carbons (Fsp3) is 0.125. The fourth-order valence-corrected chi connectivity index (χ4v) is 2.93. The van der Waals surface area contributed by atoms with Crippen LogP contribution in [0, 0.1) is 6.92 Å². The lowest BCUT2D eigenvalue weighted by atomic mass is 10.1. The Balaban J connectivity index is 1.76. The summed E-state index contributed by atoms with van der Waals surface area (Å²) in [6.45, 7) is 2.31. The van der Waals surface area contributed by atoms with E-state index >= 15 is 0 Å². The van der Waals surface area contributed by atoms with Gasteiger partial charge in [0.15, 0.2) is 0 Å². The second kappa shape index (κ2) is 5.54. The van der Waals surface area contributed by atoms with Crippen molar-refractivity contribution in [2.24, 2.45) is 0 Å². The molecule has 0 amide bonds. The number of hydrogen-bond acceptors (Lipinski definition) is 4. The van der Waals surface area contributed by atoms with Crippen molar-refractivity contribution in [2.45, 2.75) is 13.5 Å². The molecule has 1 heterocycles. The molecule has 3 rings (SSSR count). The molecule has 2 aromatic carbocycles. The van der Waals surface area contributed by atoms with E-state index < -0.39 is 5.97 Å².